The third-order valence-electron chi connectivity index (χ3n) is 5.65. The van der Waals surface area contributed by atoms with Gasteiger partial charge < -0.3 is 14.8 Å². The molecule has 2 N–H and O–H groups in total. The number of aromatic nitrogens is 1. The van der Waals surface area contributed by atoms with Gasteiger partial charge in [0.15, 0.2) is 11.5 Å². The molecule has 0 saturated heterocycles. The molecule has 128 valence electrons. The molecule has 0 unspecified atom stereocenters. The Kier molecular flexibility index (Phi) is 3.04. The van der Waals surface area contributed by atoms with Crippen LogP contribution in [-0.2, 0) is 9.59 Å². The average Bonchev–Trinajstić information content (AvgIpc) is 3.04. The van der Waals surface area contributed by atoms with Crippen LogP contribution in [0.3, 0.4) is 0 Å². The summed E-state index contributed by atoms with van der Waals surface area (Å²) in [7, 11) is 0. The second-order valence-corrected chi connectivity index (χ2v) is 7.34. The monoisotopic (exact) mass is 338 g/mol. The summed E-state index contributed by atoms with van der Waals surface area (Å²) in [6.45, 7) is 0. The van der Waals surface area contributed by atoms with Crippen LogP contribution in [0.15, 0.2) is 34.8 Å². The summed E-state index contributed by atoms with van der Waals surface area (Å²) in [6, 6.07) is 5.38. The number of carbonyl (C=O) groups excluding carboxylic acids is 1. The summed E-state index contributed by atoms with van der Waals surface area (Å²) in [5.74, 6) is -1.08. The number of carbonyl (C=O) groups is 2. The highest BCUT2D eigenvalue weighted by Crippen LogP contribution is 2.48. The predicted molar refractivity (Wildman–Crippen MR) is 90.0 cm³/mol. The Morgan fingerprint density at radius 1 is 1.16 bits per heavy atom. The lowest BCUT2D eigenvalue weighted by Gasteiger charge is -2.23. The summed E-state index contributed by atoms with van der Waals surface area (Å²) in [6.07, 6.45) is 6.91. The Morgan fingerprint density at radius 2 is 1.92 bits per heavy atom. The normalized spacial score (nSPS) is 30.1. The van der Waals surface area contributed by atoms with Crippen molar-refractivity contribution in [3.63, 3.8) is 0 Å². The van der Waals surface area contributed by atoms with Gasteiger partial charge >= 0.3 is 5.97 Å². The first-order valence-corrected chi connectivity index (χ1v) is 8.72. The average molecular weight is 338 g/mol. The molecule has 6 heteroatoms. The Labute approximate surface area is 143 Å². The van der Waals surface area contributed by atoms with Crippen LogP contribution < -0.4 is 5.32 Å². The fourth-order valence-corrected chi connectivity index (χ4v) is 4.27. The first-order valence-electron chi connectivity index (χ1n) is 8.72. The minimum atomic E-state index is -0.891. The van der Waals surface area contributed by atoms with Crippen LogP contribution in [0.4, 0.5) is 5.69 Å². The summed E-state index contributed by atoms with van der Waals surface area (Å²) in [5, 5.41) is 12.4. The second-order valence-electron chi connectivity index (χ2n) is 7.34. The van der Waals surface area contributed by atoms with Gasteiger partial charge in [-0.25, -0.2) is 4.98 Å². The molecular weight excluding hydrogens is 320 g/mol. The van der Waals surface area contributed by atoms with Crippen molar-refractivity contribution < 1.29 is 19.1 Å². The van der Waals surface area contributed by atoms with E-state index in [2.05, 4.69) is 10.3 Å². The van der Waals surface area contributed by atoms with Gasteiger partial charge in [-0.3, -0.25) is 9.59 Å². The van der Waals surface area contributed by atoms with E-state index in [1.807, 2.05) is 12.2 Å². The van der Waals surface area contributed by atoms with Crippen molar-refractivity contribution in [2.75, 3.05) is 5.32 Å². The van der Waals surface area contributed by atoms with Gasteiger partial charge in [0.2, 0.25) is 5.91 Å². The fourth-order valence-electron chi connectivity index (χ4n) is 4.27. The number of carboxylic acids is 1. The standard InChI is InChI=1S/C19H18N2O4/c22-17(15-10-3-4-11(7-10)16(15)19(23)24)20-12-5-6-14-13(8-12)21-18(25-14)9-1-2-9/h3-6,8-11,15-16H,1-2,7H2,(H,20,22)(H,23,24)/t10-,11-,15-,16-/m0/s1. The minimum Gasteiger partial charge on any atom is -0.481 e. The zero-order valence-electron chi connectivity index (χ0n) is 13.5. The molecule has 1 amide bonds. The molecule has 5 rings (SSSR count). The Morgan fingerprint density at radius 3 is 2.64 bits per heavy atom. The number of rotatable bonds is 4. The maximum atomic E-state index is 12.7. The van der Waals surface area contributed by atoms with Crippen molar-refractivity contribution in [3.8, 4) is 0 Å². The van der Waals surface area contributed by atoms with Crippen molar-refractivity contribution >= 4 is 28.7 Å². The molecule has 2 fully saturated rings. The van der Waals surface area contributed by atoms with Gasteiger partial charge in [-0.1, -0.05) is 12.2 Å². The maximum absolute atomic E-state index is 12.7. The van der Waals surface area contributed by atoms with E-state index in [1.54, 1.807) is 18.2 Å². The highest BCUT2D eigenvalue weighted by molar-refractivity contribution is 5.97. The second kappa shape index (κ2) is 5.18. The molecule has 0 aliphatic heterocycles. The predicted octanol–water partition coefficient (Wildman–Crippen LogP) is 3.17. The topological polar surface area (TPSA) is 92.4 Å². The van der Waals surface area contributed by atoms with Crippen LogP contribution in [0, 0.1) is 23.7 Å². The fraction of sp³-hybridized carbons (Fsp3) is 0.421. The Balaban J connectivity index is 1.39. The number of anilines is 1. The first-order chi connectivity index (χ1) is 12.1. The van der Waals surface area contributed by atoms with E-state index in [1.165, 1.54) is 0 Å². The smallest absolute Gasteiger partial charge is 0.307 e. The van der Waals surface area contributed by atoms with Crippen molar-refractivity contribution in [3.05, 3.63) is 36.2 Å². The molecule has 1 aromatic heterocycles. The van der Waals surface area contributed by atoms with Crippen molar-refractivity contribution in [1.29, 1.82) is 0 Å². The lowest BCUT2D eigenvalue weighted by Crippen LogP contribution is -2.36. The van der Waals surface area contributed by atoms with Crippen LogP contribution in [0.25, 0.3) is 11.1 Å². The third kappa shape index (κ3) is 2.35. The largest absolute Gasteiger partial charge is 0.481 e. The van der Waals surface area contributed by atoms with Crippen molar-refractivity contribution in [1.82, 2.24) is 4.98 Å². The van der Waals surface area contributed by atoms with Gasteiger partial charge in [0.05, 0.1) is 11.8 Å². The van der Waals surface area contributed by atoms with Crippen molar-refractivity contribution in [2.24, 2.45) is 23.7 Å². The highest BCUT2D eigenvalue weighted by Gasteiger charge is 2.51. The van der Waals surface area contributed by atoms with Gasteiger partial charge in [-0.05, 0) is 49.3 Å². The third-order valence-corrected chi connectivity index (χ3v) is 5.65. The number of benzene rings is 1. The van der Waals surface area contributed by atoms with Crippen molar-refractivity contribution in [2.45, 2.75) is 25.2 Å². The van der Waals surface area contributed by atoms with Crippen LogP contribution in [-0.4, -0.2) is 22.0 Å². The van der Waals surface area contributed by atoms with Gasteiger partial charge in [0.25, 0.3) is 0 Å². The molecule has 1 heterocycles. The number of fused-ring (bicyclic) bond motifs is 3. The Bertz CT molecular complexity index is 911. The van der Waals surface area contributed by atoms with E-state index in [9.17, 15) is 14.7 Å². The summed E-state index contributed by atoms with van der Waals surface area (Å²) in [5.41, 5.74) is 2.07. The van der Waals surface area contributed by atoms with E-state index in [4.69, 9.17) is 4.42 Å². The lowest BCUT2D eigenvalue weighted by atomic mass is 9.82. The highest BCUT2D eigenvalue weighted by atomic mass is 16.4. The van der Waals surface area contributed by atoms with Crippen LogP contribution in [0.1, 0.15) is 31.1 Å². The number of nitrogens with zero attached hydrogens (tertiary/aromatic N) is 1. The summed E-state index contributed by atoms with van der Waals surface area (Å²) in [4.78, 5) is 28.8. The molecular formula is C19H18N2O4. The van der Waals surface area contributed by atoms with E-state index in [-0.39, 0.29) is 17.7 Å². The van der Waals surface area contributed by atoms with Gasteiger partial charge in [0, 0.05) is 11.6 Å². The Hall–Kier alpha value is -2.63. The van der Waals surface area contributed by atoms with Crippen LogP contribution in [0.5, 0.6) is 0 Å². The number of aliphatic carboxylic acids is 1. The van der Waals surface area contributed by atoms with Gasteiger partial charge in [0.1, 0.15) is 5.52 Å². The zero-order chi connectivity index (χ0) is 17.1. The zero-order valence-corrected chi connectivity index (χ0v) is 13.5. The number of allylic oxidation sites excluding steroid dienone is 2. The SMILES string of the molecule is O=C(O)[C@@H]1[C@@H](C(=O)Nc2ccc3oc(C4CC4)nc3c2)[C@H]2C=C[C@H]1C2. The van der Waals surface area contributed by atoms with Crippen LogP contribution in [0.2, 0.25) is 0 Å². The molecule has 2 saturated carbocycles. The van der Waals surface area contributed by atoms with Gasteiger partial charge in [-0.15, -0.1) is 0 Å². The molecule has 4 atom stereocenters. The molecule has 2 bridgehead atoms. The molecule has 0 spiro atoms. The quantitative estimate of drug-likeness (QED) is 0.835. The molecule has 2 aromatic rings. The van der Waals surface area contributed by atoms with Crippen LogP contribution >= 0.6 is 0 Å². The number of amides is 1. The molecule has 25 heavy (non-hydrogen) atoms. The molecule has 6 nitrogen and oxygen atoms in total. The molecule has 3 aliphatic rings. The minimum absolute atomic E-state index is 0.0170. The number of nitrogens with one attached hydrogen (secondary N) is 1. The molecule has 3 aliphatic carbocycles. The number of carboxylic acid groups (broad SMARTS) is 1. The summed E-state index contributed by atoms with van der Waals surface area (Å²) < 4.78 is 5.73. The number of oxazole rings is 1. The molecule has 0 radical (unpaired) electrons. The van der Waals surface area contributed by atoms with E-state index in [0.717, 1.165) is 30.7 Å². The molecule has 1 aromatic carbocycles. The lowest BCUT2D eigenvalue weighted by molar-refractivity contribution is -0.146. The summed E-state index contributed by atoms with van der Waals surface area (Å²) >= 11 is 0. The first kappa shape index (κ1) is 14.7. The maximum Gasteiger partial charge on any atom is 0.307 e. The number of hydrogen-bond donors (Lipinski definition) is 2. The van der Waals surface area contributed by atoms with E-state index >= 15 is 0 Å². The van der Waals surface area contributed by atoms with Gasteiger partial charge in [-0.2, -0.15) is 0 Å². The number of hydrogen-bond acceptors (Lipinski definition) is 4. The van der Waals surface area contributed by atoms with E-state index < -0.39 is 17.8 Å². The van der Waals surface area contributed by atoms with E-state index in [0.29, 0.717) is 17.2 Å².